The number of aromatic nitrogens is 2. The van der Waals surface area contributed by atoms with Crippen molar-refractivity contribution < 1.29 is 17.7 Å². The van der Waals surface area contributed by atoms with Gasteiger partial charge in [-0.25, -0.2) is 8.42 Å². The maximum absolute atomic E-state index is 12.9. The van der Waals surface area contributed by atoms with Gasteiger partial charge in [-0.3, -0.25) is 4.79 Å². The van der Waals surface area contributed by atoms with Gasteiger partial charge < -0.3 is 9.84 Å². The molecule has 1 aromatic carbocycles. The lowest BCUT2D eigenvalue weighted by Crippen LogP contribution is -2.27. The topological polar surface area (TPSA) is 105 Å². The quantitative estimate of drug-likeness (QED) is 0.781. The van der Waals surface area contributed by atoms with Gasteiger partial charge in [0, 0.05) is 30.0 Å². The van der Waals surface area contributed by atoms with E-state index in [1.54, 1.807) is 6.07 Å². The number of carbonyl (C=O) groups is 1. The van der Waals surface area contributed by atoms with Crippen LogP contribution in [0.1, 0.15) is 30.6 Å². The van der Waals surface area contributed by atoms with Crippen molar-refractivity contribution in [3.63, 3.8) is 0 Å². The van der Waals surface area contributed by atoms with Gasteiger partial charge in [-0.15, -0.1) is 0 Å². The molecule has 0 atom stereocenters. The van der Waals surface area contributed by atoms with Crippen molar-refractivity contribution in [2.24, 2.45) is 0 Å². The van der Waals surface area contributed by atoms with Crippen LogP contribution in [0.2, 0.25) is 0 Å². The summed E-state index contributed by atoms with van der Waals surface area (Å²) in [5.41, 5.74) is 1.43. The number of hydrogen-bond donors (Lipinski definition) is 1. The SMILES string of the molecule is CCc1noc(CN(C)S(=O)(=O)c2cc3c(cc2Br)CCC(=O)N3)n1. The van der Waals surface area contributed by atoms with Gasteiger partial charge >= 0.3 is 0 Å². The summed E-state index contributed by atoms with van der Waals surface area (Å²) < 4.78 is 32.4. The summed E-state index contributed by atoms with van der Waals surface area (Å²) in [5, 5.41) is 6.48. The summed E-state index contributed by atoms with van der Waals surface area (Å²) in [6, 6.07) is 3.21. The van der Waals surface area contributed by atoms with E-state index in [4.69, 9.17) is 4.52 Å². The monoisotopic (exact) mass is 428 g/mol. The predicted octanol–water partition coefficient (Wildman–Crippen LogP) is 2.10. The molecule has 0 saturated heterocycles. The molecule has 10 heteroatoms. The van der Waals surface area contributed by atoms with E-state index in [0.717, 1.165) is 9.87 Å². The Hall–Kier alpha value is -1.78. The molecule has 0 aliphatic carbocycles. The van der Waals surface area contributed by atoms with Crippen LogP contribution in [0.15, 0.2) is 26.0 Å². The van der Waals surface area contributed by atoms with Crippen LogP contribution in [-0.2, 0) is 34.2 Å². The van der Waals surface area contributed by atoms with Gasteiger partial charge in [0.25, 0.3) is 0 Å². The smallest absolute Gasteiger partial charge is 0.244 e. The van der Waals surface area contributed by atoms with Crippen LogP contribution in [0.4, 0.5) is 5.69 Å². The van der Waals surface area contributed by atoms with E-state index < -0.39 is 10.0 Å². The Labute approximate surface area is 153 Å². The number of halogens is 1. The molecule has 0 radical (unpaired) electrons. The third kappa shape index (κ3) is 3.60. The molecule has 0 spiro atoms. The van der Waals surface area contributed by atoms with Crippen molar-refractivity contribution in [1.29, 1.82) is 0 Å². The number of amides is 1. The average molecular weight is 429 g/mol. The summed E-state index contributed by atoms with van der Waals surface area (Å²) in [5.74, 6) is 0.633. The van der Waals surface area contributed by atoms with E-state index in [1.807, 2.05) is 6.92 Å². The van der Waals surface area contributed by atoms with Gasteiger partial charge in [-0.1, -0.05) is 12.1 Å². The van der Waals surface area contributed by atoms with E-state index in [0.29, 0.717) is 35.2 Å². The molecule has 0 saturated carbocycles. The summed E-state index contributed by atoms with van der Waals surface area (Å²) in [6.45, 7) is 1.85. The van der Waals surface area contributed by atoms with Crippen LogP contribution in [0.5, 0.6) is 0 Å². The highest BCUT2D eigenvalue weighted by molar-refractivity contribution is 9.10. The van der Waals surface area contributed by atoms with Crippen LogP contribution >= 0.6 is 15.9 Å². The van der Waals surface area contributed by atoms with E-state index in [1.165, 1.54) is 13.1 Å². The fourth-order valence-corrected chi connectivity index (χ4v) is 4.71. The molecule has 1 aliphatic rings. The highest BCUT2D eigenvalue weighted by Gasteiger charge is 2.28. The molecule has 1 aliphatic heterocycles. The van der Waals surface area contributed by atoms with Crippen LogP contribution in [-0.4, -0.2) is 35.8 Å². The minimum Gasteiger partial charge on any atom is -0.338 e. The Kier molecular flexibility index (Phi) is 4.94. The van der Waals surface area contributed by atoms with Crippen LogP contribution < -0.4 is 5.32 Å². The Bertz CT molecular complexity index is 926. The molecule has 1 N–H and O–H groups in total. The Balaban J connectivity index is 1.90. The van der Waals surface area contributed by atoms with Gasteiger partial charge in [0.1, 0.15) is 0 Å². The van der Waals surface area contributed by atoms with Crippen molar-refractivity contribution >= 4 is 37.5 Å². The van der Waals surface area contributed by atoms with Crippen molar-refractivity contribution in [2.75, 3.05) is 12.4 Å². The number of aryl methyl sites for hydroxylation is 2. The van der Waals surface area contributed by atoms with Gasteiger partial charge in [0.2, 0.25) is 21.8 Å². The van der Waals surface area contributed by atoms with E-state index >= 15 is 0 Å². The lowest BCUT2D eigenvalue weighted by atomic mass is 10.0. The largest absolute Gasteiger partial charge is 0.338 e. The second-order valence-corrected chi connectivity index (χ2v) is 8.57. The van der Waals surface area contributed by atoms with E-state index in [2.05, 4.69) is 31.4 Å². The highest BCUT2D eigenvalue weighted by Crippen LogP contribution is 2.33. The molecule has 8 nitrogen and oxygen atoms in total. The molecule has 3 rings (SSSR count). The zero-order valence-electron chi connectivity index (χ0n) is 13.7. The van der Waals surface area contributed by atoms with Gasteiger partial charge in [0.15, 0.2) is 5.82 Å². The third-order valence-corrected chi connectivity index (χ3v) is 6.69. The summed E-state index contributed by atoms with van der Waals surface area (Å²) in [7, 11) is -2.37. The molecule has 0 unspecified atom stereocenters. The lowest BCUT2D eigenvalue weighted by molar-refractivity contribution is -0.116. The maximum atomic E-state index is 12.9. The van der Waals surface area contributed by atoms with Crippen molar-refractivity contribution in [2.45, 2.75) is 37.6 Å². The standard InChI is InChI=1S/C15H17BrN4O4S/c1-3-13-18-15(24-19-13)8-20(2)25(22,23)12-7-11-9(6-10(12)16)4-5-14(21)17-11/h6-7H,3-5,8H2,1-2H3,(H,17,21). The number of sulfonamides is 1. The van der Waals surface area contributed by atoms with E-state index in [9.17, 15) is 13.2 Å². The van der Waals surface area contributed by atoms with Gasteiger partial charge in [-0.2, -0.15) is 9.29 Å². The average Bonchev–Trinajstić information content (AvgIpc) is 3.02. The summed E-state index contributed by atoms with van der Waals surface area (Å²) >= 11 is 3.33. The number of benzene rings is 1. The fraction of sp³-hybridized carbons (Fsp3) is 0.400. The van der Waals surface area contributed by atoms with Crippen molar-refractivity contribution in [3.05, 3.63) is 33.9 Å². The second-order valence-electron chi connectivity index (χ2n) is 5.71. The lowest BCUT2D eigenvalue weighted by Gasteiger charge is -2.21. The number of fused-ring (bicyclic) bond motifs is 1. The van der Waals surface area contributed by atoms with Crippen molar-refractivity contribution in [1.82, 2.24) is 14.4 Å². The van der Waals surface area contributed by atoms with Crippen LogP contribution in [0, 0.1) is 0 Å². The molecule has 134 valence electrons. The molecular weight excluding hydrogens is 412 g/mol. The van der Waals surface area contributed by atoms with E-state index in [-0.39, 0.29) is 23.2 Å². The number of rotatable bonds is 5. The zero-order valence-corrected chi connectivity index (χ0v) is 16.1. The number of nitrogens with one attached hydrogen (secondary N) is 1. The summed E-state index contributed by atoms with van der Waals surface area (Å²) in [4.78, 5) is 15.8. The first-order valence-corrected chi connectivity index (χ1v) is 9.94. The fourth-order valence-electron chi connectivity index (χ4n) is 2.52. The van der Waals surface area contributed by atoms with Crippen LogP contribution in [0.25, 0.3) is 0 Å². The molecule has 1 aromatic heterocycles. The second kappa shape index (κ2) is 6.85. The first-order valence-electron chi connectivity index (χ1n) is 7.71. The minimum absolute atomic E-state index is 0.0365. The van der Waals surface area contributed by atoms with Crippen LogP contribution in [0.3, 0.4) is 0 Å². The molecule has 1 amide bonds. The molecule has 0 bridgehead atoms. The predicted molar refractivity (Wildman–Crippen MR) is 93.4 cm³/mol. The third-order valence-electron chi connectivity index (χ3n) is 3.93. The minimum atomic E-state index is -3.81. The number of anilines is 1. The molecule has 2 heterocycles. The molecule has 25 heavy (non-hydrogen) atoms. The Morgan fingerprint density at radius 3 is 2.80 bits per heavy atom. The normalized spacial score (nSPS) is 14.5. The maximum Gasteiger partial charge on any atom is 0.244 e. The number of carbonyl (C=O) groups excluding carboxylic acids is 1. The first-order chi connectivity index (χ1) is 11.8. The highest BCUT2D eigenvalue weighted by atomic mass is 79.9. The Morgan fingerprint density at radius 2 is 2.12 bits per heavy atom. The Morgan fingerprint density at radius 1 is 1.36 bits per heavy atom. The van der Waals surface area contributed by atoms with Gasteiger partial charge in [-0.05, 0) is 40.0 Å². The first kappa shape index (κ1) is 18.0. The molecule has 2 aromatic rings. The zero-order chi connectivity index (χ0) is 18.2. The molecule has 0 fully saturated rings. The van der Waals surface area contributed by atoms with Gasteiger partial charge in [0.05, 0.1) is 11.4 Å². The summed E-state index contributed by atoms with van der Waals surface area (Å²) in [6.07, 6.45) is 1.58. The van der Waals surface area contributed by atoms with Crippen molar-refractivity contribution in [3.8, 4) is 0 Å². The molecular formula is C15H17BrN4O4S. The number of hydrogen-bond acceptors (Lipinski definition) is 6. The number of nitrogens with zero attached hydrogens (tertiary/aromatic N) is 3.